The van der Waals surface area contributed by atoms with Crippen molar-refractivity contribution in [3.05, 3.63) is 30.3 Å². The SMILES string of the molecule is CNC(=O)N(CCC(=N)N)c1ccccc1. The normalized spacial score (nSPS) is 9.56. The molecule has 0 saturated carbocycles. The fourth-order valence-corrected chi connectivity index (χ4v) is 1.32. The van der Waals surface area contributed by atoms with E-state index >= 15 is 0 Å². The molecule has 0 aliphatic rings. The Hall–Kier alpha value is -2.04. The fourth-order valence-electron chi connectivity index (χ4n) is 1.32. The van der Waals surface area contributed by atoms with E-state index in [1.54, 1.807) is 11.9 Å². The molecule has 0 atom stereocenters. The highest BCUT2D eigenvalue weighted by molar-refractivity contribution is 5.92. The van der Waals surface area contributed by atoms with Gasteiger partial charge < -0.3 is 11.1 Å². The van der Waals surface area contributed by atoms with Crippen molar-refractivity contribution in [2.24, 2.45) is 5.73 Å². The average molecular weight is 220 g/mol. The lowest BCUT2D eigenvalue weighted by Crippen LogP contribution is -2.39. The maximum atomic E-state index is 11.6. The first kappa shape index (κ1) is 12.0. The lowest BCUT2D eigenvalue weighted by Gasteiger charge is -2.21. The van der Waals surface area contributed by atoms with E-state index in [-0.39, 0.29) is 11.9 Å². The molecule has 0 aromatic heterocycles. The largest absolute Gasteiger partial charge is 0.388 e. The van der Waals surface area contributed by atoms with Crippen LogP contribution in [0.15, 0.2) is 30.3 Å². The van der Waals surface area contributed by atoms with Gasteiger partial charge in [0.1, 0.15) is 0 Å². The monoisotopic (exact) mass is 220 g/mol. The van der Waals surface area contributed by atoms with Gasteiger partial charge in [0.15, 0.2) is 0 Å². The molecule has 16 heavy (non-hydrogen) atoms. The van der Waals surface area contributed by atoms with Crippen molar-refractivity contribution in [1.82, 2.24) is 5.32 Å². The summed E-state index contributed by atoms with van der Waals surface area (Å²) in [5.74, 6) is 0.0739. The van der Waals surface area contributed by atoms with Crippen LogP contribution in [0.5, 0.6) is 0 Å². The first-order valence-electron chi connectivity index (χ1n) is 5.02. The van der Waals surface area contributed by atoms with E-state index in [1.807, 2.05) is 30.3 Å². The molecule has 0 unspecified atom stereocenters. The predicted octanol–water partition coefficient (Wildman–Crippen LogP) is 1.16. The number of carbonyl (C=O) groups is 1. The van der Waals surface area contributed by atoms with Gasteiger partial charge in [0, 0.05) is 25.7 Å². The minimum absolute atomic E-state index is 0.0739. The third-order valence-electron chi connectivity index (χ3n) is 2.13. The van der Waals surface area contributed by atoms with E-state index in [4.69, 9.17) is 11.1 Å². The summed E-state index contributed by atoms with van der Waals surface area (Å²) in [4.78, 5) is 13.2. The molecule has 1 aromatic carbocycles. The Labute approximate surface area is 94.8 Å². The molecular formula is C11H16N4O. The van der Waals surface area contributed by atoms with Crippen molar-refractivity contribution in [3.8, 4) is 0 Å². The number of benzene rings is 1. The van der Waals surface area contributed by atoms with Crippen LogP contribution in [0.4, 0.5) is 10.5 Å². The first-order valence-corrected chi connectivity index (χ1v) is 5.02. The summed E-state index contributed by atoms with van der Waals surface area (Å²) in [6, 6.07) is 9.09. The molecule has 0 spiro atoms. The lowest BCUT2D eigenvalue weighted by molar-refractivity contribution is 0.248. The second-order valence-corrected chi connectivity index (χ2v) is 3.32. The molecule has 1 rings (SSSR count). The number of amidine groups is 1. The topological polar surface area (TPSA) is 82.2 Å². The molecule has 5 nitrogen and oxygen atoms in total. The zero-order valence-corrected chi connectivity index (χ0v) is 9.23. The molecule has 1 aromatic rings. The Kier molecular flexibility index (Phi) is 4.32. The Morgan fingerprint density at radius 1 is 1.44 bits per heavy atom. The van der Waals surface area contributed by atoms with Gasteiger partial charge in [-0.2, -0.15) is 0 Å². The average Bonchev–Trinajstić information content (AvgIpc) is 2.30. The molecule has 4 N–H and O–H groups in total. The molecule has 5 heteroatoms. The number of rotatable bonds is 4. The Bertz CT molecular complexity index is 364. The van der Waals surface area contributed by atoms with E-state index in [0.717, 1.165) is 5.69 Å². The van der Waals surface area contributed by atoms with Gasteiger partial charge in [-0.15, -0.1) is 0 Å². The Balaban J connectivity index is 2.79. The molecule has 0 aliphatic carbocycles. The van der Waals surface area contributed by atoms with Crippen LogP contribution in [-0.2, 0) is 0 Å². The molecule has 0 heterocycles. The van der Waals surface area contributed by atoms with Crippen molar-refractivity contribution in [1.29, 1.82) is 5.41 Å². The number of nitrogens with two attached hydrogens (primary N) is 1. The van der Waals surface area contributed by atoms with E-state index in [9.17, 15) is 4.79 Å². The van der Waals surface area contributed by atoms with Gasteiger partial charge in [0.05, 0.1) is 5.84 Å². The van der Waals surface area contributed by atoms with Crippen LogP contribution in [0.2, 0.25) is 0 Å². The smallest absolute Gasteiger partial charge is 0.321 e. The maximum absolute atomic E-state index is 11.6. The number of anilines is 1. The van der Waals surface area contributed by atoms with Crippen LogP contribution >= 0.6 is 0 Å². The van der Waals surface area contributed by atoms with Crippen LogP contribution in [0.3, 0.4) is 0 Å². The van der Waals surface area contributed by atoms with Crippen molar-refractivity contribution in [2.75, 3.05) is 18.5 Å². The van der Waals surface area contributed by atoms with Gasteiger partial charge in [-0.05, 0) is 12.1 Å². The lowest BCUT2D eigenvalue weighted by atomic mass is 10.2. The second kappa shape index (κ2) is 5.75. The molecule has 0 aliphatic heterocycles. The van der Waals surface area contributed by atoms with E-state index in [2.05, 4.69) is 5.32 Å². The van der Waals surface area contributed by atoms with Gasteiger partial charge in [0.25, 0.3) is 0 Å². The van der Waals surface area contributed by atoms with E-state index in [0.29, 0.717) is 13.0 Å². The van der Waals surface area contributed by atoms with Crippen molar-refractivity contribution in [3.63, 3.8) is 0 Å². The number of nitrogens with zero attached hydrogens (tertiary/aromatic N) is 1. The van der Waals surface area contributed by atoms with Gasteiger partial charge in [0.2, 0.25) is 0 Å². The highest BCUT2D eigenvalue weighted by Gasteiger charge is 2.13. The highest BCUT2D eigenvalue weighted by Crippen LogP contribution is 2.13. The summed E-state index contributed by atoms with van der Waals surface area (Å²) in [7, 11) is 1.58. The van der Waals surface area contributed by atoms with Gasteiger partial charge >= 0.3 is 6.03 Å². The standard InChI is InChI=1S/C11H16N4O/c1-14-11(16)15(8-7-10(12)13)9-5-3-2-4-6-9/h2-6H,7-8H2,1H3,(H3,12,13)(H,14,16). The minimum Gasteiger partial charge on any atom is -0.388 e. The Morgan fingerprint density at radius 2 is 2.06 bits per heavy atom. The van der Waals surface area contributed by atoms with Crippen LogP contribution < -0.4 is 16.0 Å². The van der Waals surface area contributed by atoms with Crippen LogP contribution in [0.1, 0.15) is 6.42 Å². The van der Waals surface area contributed by atoms with E-state index < -0.39 is 0 Å². The first-order chi connectivity index (χ1) is 7.65. The third kappa shape index (κ3) is 3.27. The zero-order valence-electron chi connectivity index (χ0n) is 9.23. The van der Waals surface area contributed by atoms with Crippen LogP contribution in [-0.4, -0.2) is 25.5 Å². The van der Waals surface area contributed by atoms with Crippen LogP contribution in [0, 0.1) is 5.41 Å². The van der Waals surface area contributed by atoms with Crippen LogP contribution in [0.25, 0.3) is 0 Å². The molecule has 2 amide bonds. The predicted molar refractivity (Wildman–Crippen MR) is 64.8 cm³/mol. The minimum atomic E-state index is -0.201. The van der Waals surface area contributed by atoms with Crippen molar-refractivity contribution >= 4 is 17.6 Å². The molecule has 0 radical (unpaired) electrons. The van der Waals surface area contributed by atoms with E-state index in [1.165, 1.54) is 0 Å². The third-order valence-corrected chi connectivity index (χ3v) is 2.13. The number of para-hydroxylation sites is 1. The molecule has 86 valence electrons. The molecule has 0 saturated heterocycles. The Morgan fingerprint density at radius 3 is 2.56 bits per heavy atom. The number of amides is 2. The summed E-state index contributed by atoms with van der Waals surface area (Å²) in [5.41, 5.74) is 6.08. The summed E-state index contributed by atoms with van der Waals surface area (Å²) >= 11 is 0. The summed E-state index contributed by atoms with van der Waals surface area (Å²) in [6.07, 6.45) is 0.363. The quantitative estimate of drug-likeness (QED) is 0.525. The summed E-state index contributed by atoms with van der Waals surface area (Å²) in [6.45, 7) is 0.402. The molecule has 0 fully saturated rings. The number of hydrogen-bond donors (Lipinski definition) is 3. The summed E-state index contributed by atoms with van der Waals surface area (Å²) in [5, 5.41) is 9.73. The number of urea groups is 1. The van der Waals surface area contributed by atoms with Gasteiger partial charge in [-0.3, -0.25) is 10.3 Å². The number of carbonyl (C=O) groups excluding carboxylic acids is 1. The van der Waals surface area contributed by atoms with Crippen molar-refractivity contribution in [2.45, 2.75) is 6.42 Å². The zero-order chi connectivity index (χ0) is 12.0. The van der Waals surface area contributed by atoms with Gasteiger partial charge in [-0.1, -0.05) is 18.2 Å². The highest BCUT2D eigenvalue weighted by atomic mass is 16.2. The van der Waals surface area contributed by atoms with Gasteiger partial charge in [-0.25, -0.2) is 4.79 Å². The number of hydrogen-bond acceptors (Lipinski definition) is 2. The fraction of sp³-hybridized carbons (Fsp3) is 0.273. The number of nitrogens with one attached hydrogen (secondary N) is 2. The van der Waals surface area contributed by atoms with Crippen molar-refractivity contribution < 1.29 is 4.79 Å². The summed E-state index contributed by atoms with van der Waals surface area (Å²) < 4.78 is 0. The molecular weight excluding hydrogens is 204 g/mol. The second-order valence-electron chi connectivity index (χ2n) is 3.32. The maximum Gasteiger partial charge on any atom is 0.321 e. The molecule has 0 bridgehead atoms.